The minimum atomic E-state index is -4.83. The number of halogens is 3. The van der Waals surface area contributed by atoms with Crippen LogP contribution in [0.5, 0.6) is 5.75 Å². The lowest BCUT2D eigenvalue weighted by Crippen LogP contribution is -2.13. The van der Waals surface area contributed by atoms with Crippen molar-refractivity contribution >= 4 is 15.8 Å². The van der Waals surface area contributed by atoms with Gasteiger partial charge >= 0.3 is 10.1 Å². The van der Waals surface area contributed by atoms with E-state index in [0.717, 1.165) is 24.3 Å². The topological polar surface area (TPSA) is 86.5 Å². The molecule has 0 radical (unpaired) electrons. The van der Waals surface area contributed by atoms with Gasteiger partial charge in [-0.3, -0.25) is 10.1 Å². The van der Waals surface area contributed by atoms with Gasteiger partial charge in [0, 0.05) is 6.07 Å². The molecular weight excluding hydrogens is 327 g/mol. The summed E-state index contributed by atoms with van der Waals surface area (Å²) in [5.41, 5.74) is -0.460. The Hall–Kier alpha value is -2.62. The van der Waals surface area contributed by atoms with Crippen LogP contribution in [0.4, 0.5) is 18.9 Å². The maximum Gasteiger partial charge on any atom is 0.342 e. The zero-order chi connectivity index (χ0) is 16.5. The van der Waals surface area contributed by atoms with Crippen molar-refractivity contribution < 1.29 is 30.7 Å². The SMILES string of the molecule is O=[N+]([O-])c1cccc(OS(=O)(=O)c2ccc(F)c(F)c2F)c1. The van der Waals surface area contributed by atoms with Gasteiger partial charge in [0.25, 0.3) is 5.69 Å². The van der Waals surface area contributed by atoms with Gasteiger partial charge in [0.05, 0.1) is 11.0 Å². The molecule has 2 aromatic carbocycles. The standard InChI is InChI=1S/C12H6F3NO5S/c13-9-4-5-10(12(15)11(9)14)22(19,20)21-8-3-1-2-7(6-8)16(17)18/h1-6H. The van der Waals surface area contributed by atoms with Crippen LogP contribution in [0.25, 0.3) is 0 Å². The Bertz CT molecular complexity index is 854. The molecule has 0 amide bonds. The summed E-state index contributed by atoms with van der Waals surface area (Å²) >= 11 is 0. The van der Waals surface area contributed by atoms with Gasteiger partial charge in [0.1, 0.15) is 10.6 Å². The molecule has 0 saturated heterocycles. The fraction of sp³-hybridized carbons (Fsp3) is 0. The Morgan fingerprint density at radius 1 is 1.05 bits per heavy atom. The molecule has 0 saturated carbocycles. The molecule has 0 unspecified atom stereocenters. The summed E-state index contributed by atoms with van der Waals surface area (Å²) in [6.45, 7) is 0. The lowest BCUT2D eigenvalue weighted by molar-refractivity contribution is -0.384. The molecule has 116 valence electrons. The molecule has 22 heavy (non-hydrogen) atoms. The molecule has 0 heterocycles. The number of hydrogen-bond donors (Lipinski definition) is 0. The number of nitrogens with zero attached hydrogens (tertiary/aromatic N) is 1. The van der Waals surface area contributed by atoms with E-state index in [-0.39, 0.29) is 0 Å². The van der Waals surface area contributed by atoms with Crippen LogP contribution in [-0.2, 0) is 10.1 Å². The van der Waals surface area contributed by atoms with Gasteiger partial charge in [0.15, 0.2) is 17.5 Å². The zero-order valence-electron chi connectivity index (χ0n) is 10.5. The van der Waals surface area contributed by atoms with E-state index in [2.05, 4.69) is 4.18 Å². The van der Waals surface area contributed by atoms with Crippen molar-refractivity contribution in [3.05, 3.63) is 64.0 Å². The maximum absolute atomic E-state index is 13.5. The van der Waals surface area contributed by atoms with Crippen molar-refractivity contribution in [2.75, 3.05) is 0 Å². The van der Waals surface area contributed by atoms with Crippen LogP contribution in [0.3, 0.4) is 0 Å². The molecule has 0 spiro atoms. The molecule has 0 N–H and O–H groups in total. The van der Waals surface area contributed by atoms with Gasteiger partial charge < -0.3 is 4.18 Å². The lowest BCUT2D eigenvalue weighted by atomic mass is 10.3. The van der Waals surface area contributed by atoms with E-state index in [1.807, 2.05) is 0 Å². The third kappa shape index (κ3) is 3.01. The van der Waals surface area contributed by atoms with Gasteiger partial charge in [-0.25, -0.2) is 13.2 Å². The van der Waals surface area contributed by atoms with Gasteiger partial charge in [-0.05, 0) is 18.2 Å². The lowest BCUT2D eigenvalue weighted by Gasteiger charge is -2.08. The third-order valence-electron chi connectivity index (χ3n) is 2.50. The van der Waals surface area contributed by atoms with Crippen LogP contribution in [0.2, 0.25) is 0 Å². The Morgan fingerprint density at radius 2 is 1.73 bits per heavy atom. The average molecular weight is 333 g/mol. The smallest absolute Gasteiger partial charge is 0.342 e. The Balaban J connectivity index is 2.42. The third-order valence-corrected chi connectivity index (χ3v) is 3.77. The van der Waals surface area contributed by atoms with Crippen molar-refractivity contribution in [1.82, 2.24) is 0 Å². The number of non-ortho nitro benzene ring substituents is 1. The van der Waals surface area contributed by atoms with E-state index in [1.54, 1.807) is 0 Å². The number of nitro benzene ring substituents is 1. The molecule has 2 rings (SSSR count). The minimum Gasteiger partial charge on any atom is -0.379 e. The van der Waals surface area contributed by atoms with Crippen LogP contribution in [0.15, 0.2) is 41.3 Å². The first-order valence-electron chi connectivity index (χ1n) is 5.55. The largest absolute Gasteiger partial charge is 0.379 e. The molecule has 2 aromatic rings. The molecule has 0 aliphatic carbocycles. The Morgan fingerprint density at radius 3 is 2.36 bits per heavy atom. The molecule has 0 aliphatic rings. The number of hydrogen-bond acceptors (Lipinski definition) is 5. The monoisotopic (exact) mass is 333 g/mol. The molecule has 0 aromatic heterocycles. The fourth-order valence-electron chi connectivity index (χ4n) is 1.52. The Kier molecular flexibility index (Phi) is 4.04. The second-order valence-corrected chi connectivity index (χ2v) is 5.48. The minimum absolute atomic E-state index is 0.419. The van der Waals surface area contributed by atoms with Crippen LogP contribution >= 0.6 is 0 Å². The van der Waals surface area contributed by atoms with Gasteiger partial charge in [0.2, 0.25) is 0 Å². The fourth-order valence-corrected chi connectivity index (χ4v) is 2.51. The highest BCUT2D eigenvalue weighted by molar-refractivity contribution is 7.87. The quantitative estimate of drug-likeness (QED) is 0.372. The first kappa shape index (κ1) is 15.8. The molecule has 0 atom stereocenters. The number of rotatable bonds is 4. The van der Waals surface area contributed by atoms with Gasteiger partial charge in [-0.2, -0.15) is 8.42 Å². The summed E-state index contributed by atoms with van der Waals surface area (Å²) in [6, 6.07) is 4.99. The second kappa shape index (κ2) is 5.64. The van der Waals surface area contributed by atoms with E-state index in [1.165, 1.54) is 0 Å². The van der Waals surface area contributed by atoms with E-state index in [9.17, 15) is 31.7 Å². The van der Waals surface area contributed by atoms with Crippen LogP contribution in [0.1, 0.15) is 0 Å². The summed E-state index contributed by atoms with van der Waals surface area (Å²) in [5.74, 6) is -5.95. The number of nitro groups is 1. The molecule has 0 aliphatic heterocycles. The normalized spacial score (nSPS) is 11.2. The van der Waals surface area contributed by atoms with Crippen molar-refractivity contribution in [3.63, 3.8) is 0 Å². The highest BCUT2D eigenvalue weighted by Crippen LogP contribution is 2.25. The van der Waals surface area contributed by atoms with Crippen LogP contribution in [-0.4, -0.2) is 13.3 Å². The van der Waals surface area contributed by atoms with Crippen LogP contribution < -0.4 is 4.18 Å². The highest BCUT2D eigenvalue weighted by atomic mass is 32.2. The second-order valence-electron chi connectivity index (χ2n) is 3.97. The van der Waals surface area contributed by atoms with Crippen molar-refractivity contribution in [3.8, 4) is 5.75 Å². The summed E-state index contributed by atoms with van der Waals surface area (Å²) in [5, 5.41) is 10.6. The van der Waals surface area contributed by atoms with Crippen LogP contribution in [0, 0.1) is 27.6 Å². The molecule has 0 bridgehead atoms. The molecule has 0 fully saturated rings. The summed E-state index contributed by atoms with van der Waals surface area (Å²) in [6.07, 6.45) is 0. The van der Waals surface area contributed by atoms with E-state index in [4.69, 9.17) is 0 Å². The van der Waals surface area contributed by atoms with E-state index >= 15 is 0 Å². The molecule has 10 heteroatoms. The van der Waals surface area contributed by atoms with Crippen molar-refractivity contribution in [2.45, 2.75) is 4.90 Å². The average Bonchev–Trinajstić information content (AvgIpc) is 2.44. The summed E-state index contributed by atoms with van der Waals surface area (Å²) < 4.78 is 67.5. The van der Waals surface area contributed by atoms with Crippen molar-refractivity contribution in [1.29, 1.82) is 0 Å². The highest BCUT2D eigenvalue weighted by Gasteiger charge is 2.26. The summed E-state index contributed by atoms with van der Waals surface area (Å²) in [7, 11) is -4.83. The van der Waals surface area contributed by atoms with Gasteiger partial charge in [-0.15, -0.1) is 0 Å². The predicted octanol–water partition coefficient (Wildman–Crippen LogP) is 2.78. The summed E-state index contributed by atoms with van der Waals surface area (Å²) in [4.78, 5) is 8.56. The van der Waals surface area contributed by atoms with Crippen molar-refractivity contribution in [2.24, 2.45) is 0 Å². The first-order chi connectivity index (χ1) is 10.2. The zero-order valence-corrected chi connectivity index (χ0v) is 11.3. The Labute approximate surface area is 122 Å². The molecule has 6 nitrogen and oxygen atoms in total. The van der Waals surface area contributed by atoms with E-state index < -0.39 is 48.8 Å². The first-order valence-corrected chi connectivity index (χ1v) is 6.95. The van der Waals surface area contributed by atoms with E-state index in [0.29, 0.717) is 12.1 Å². The number of benzene rings is 2. The molecular formula is C12H6F3NO5S. The predicted molar refractivity (Wildman–Crippen MR) is 67.2 cm³/mol. The van der Waals surface area contributed by atoms with Gasteiger partial charge in [-0.1, -0.05) is 6.07 Å². The maximum atomic E-state index is 13.5.